The molecule has 7 nitrogen and oxygen atoms in total. The molecule has 4 aromatic rings. The Bertz CT molecular complexity index is 1120. The number of fused-ring (bicyclic) bond motifs is 1. The highest BCUT2D eigenvalue weighted by Crippen LogP contribution is 2.27. The van der Waals surface area contributed by atoms with Crippen LogP contribution >= 0.6 is 11.3 Å². The number of ketones is 1. The Morgan fingerprint density at radius 3 is 3.00 bits per heavy atom. The van der Waals surface area contributed by atoms with Crippen LogP contribution < -0.4 is 11.1 Å². The van der Waals surface area contributed by atoms with Crippen molar-refractivity contribution in [1.82, 2.24) is 24.9 Å². The van der Waals surface area contributed by atoms with Crippen LogP contribution in [0.2, 0.25) is 0 Å². The Kier molecular flexibility index (Phi) is 5.75. The molecule has 0 bridgehead atoms. The number of carbonyl (C=O) groups excluding carboxylic acids is 1. The molecule has 3 N–H and O–H groups in total. The van der Waals surface area contributed by atoms with Crippen molar-refractivity contribution in [1.29, 1.82) is 0 Å². The number of thiophene rings is 1. The minimum atomic E-state index is 0.000612. The van der Waals surface area contributed by atoms with Crippen molar-refractivity contribution in [3.63, 3.8) is 0 Å². The number of nitrogens with two attached hydrogens (primary N) is 1. The normalized spacial score (nSPS) is 12.3. The Labute approximate surface area is 172 Å². The summed E-state index contributed by atoms with van der Waals surface area (Å²) in [6.45, 7) is 2.88. The summed E-state index contributed by atoms with van der Waals surface area (Å²) < 4.78 is 1.72. The van der Waals surface area contributed by atoms with Gasteiger partial charge in [-0.3, -0.25) is 9.78 Å². The summed E-state index contributed by atoms with van der Waals surface area (Å²) in [5, 5.41) is 9.52. The first kappa shape index (κ1) is 19.4. The summed E-state index contributed by atoms with van der Waals surface area (Å²) in [5.74, 6) is 0.000612. The van der Waals surface area contributed by atoms with Gasteiger partial charge in [0.05, 0.1) is 34.6 Å². The second-order valence-electron chi connectivity index (χ2n) is 6.77. The molecule has 0 aliphatic heterocycles. The smallest absolute Gasteiger partial charge is 0.176 e. The number of rotatable bonds is 8. The molecule has 0 aliphatic rings. The number of nitrogens with one attached hydrogen (secondary N) is 1. The molecule has 4 rings (SSSR count). The van der Waals surface area contributed by atoms with E-state index in [0.717, 1.165) is 22.6 Å². The van der Waals surface area contributed by atoms with Crippen LogP contribution in [0.25, 0.3) is 27.5 Å². The van der Waals surface area contributed by atoms with Gasteiger partial charge in [0.2, 0.25) is 0 Å². The van der Waals surface area contributed by atoms with E-state index < -0.39 is 0 Å². The van der Waals surface area contributed by atoms with Crippen molar-refractivity contribution in [3.05, 3.63) is 59.9 Å². The number of nitrogens with zero attached hydrogens (tertiary/aromatic N) is 4. The minimum Gasteiger partial charge on any atom is -0.327 e. The molecule has 0 radical (unpaired) electrons. The lowest BCUT2D eigenvalue weighted by atomic mass is 10.1. The van der Waals surface area contributed by atoms with Crippen molar-refractivity contribution in [3.8, 4) is 21.8 Å². The van der Waals surface area contributed by atoms with Crippen LogP contribution in [0.1, 0.15) is 23.7 Å². The highest BCUT2D eigenvalue weighted by molar-refractivity contribution is 7.13. The van der Waals surface area contributed by atoms with E-state index in [0.29, 0.717) is 23.4 Å². The fraction of sp³-hybridized carbons (Fsp3) is 0.238. The molecule has 29 heavy (non-hydrogen) atoms. The van der Waals surface area contributed by atoms with Gasteiger partial charge in [-0.05, 0) is 36.1 Å². The molecule has 0 aliphatic carbocycles. The zero-order chi connectivity index (χ0) is 20.2. The van der Waals surface area contributed by atoms with E-state index in [1.807, 2.05) is 36.7 Å². The molecule has 0 spiro atoms. The number of aromatic nitrogens is 4. The summed E-state index contributed by atoms with van der Waals surface area (Å²) in [7, 11) is 0. The van der Waals surface area contributed by atoms with Gasteiger partial charge >= 0.3 is 0 Å². The van der Waals surface area contributed by atoms with E-state index >= 15 is 0 Å². The molecule has 1 unspecified atom stereocenters. The van der Waals surface area contributed by atoms with Gasteiger partial charge in [-0.1, -0.05) is 13.0 Å². The van der Waals surface area contributed by atoms with Gasteiger partial charge in [-0.15, -0.1) is 11.3 Å². The van der Waals surface area contributed by atoms with E-state index in [1.165, 1.54) is 0 Å². The summed E-state index contributed by atoms with van der Waals surface area (Å²) in [5.41, 5.74) is 9.54. The van der Waals surface area contributed by atoms with E-state index in [9.17, 15) is 4.79 Å². The predicted molar refractivity (Wildman–Crippen MR) is 115 cm³/mol. The maximum absolute atomic E-state index is 12.5. The molecule has 8 heteroatoms. The standard InChI is InChI=1S/C21H22N6OS/c1-2-15(22)11-23-13-19(28)14-5-7-24-18(10-14)16-12-25-27-8-6-17(26-21(16)27)20-4-3-9-29-20/h3-10,12,15,23H,2,11,13,22H2,1H3. The zero-order valence-electron chi connectivity index (χ0n) is 16.1. The number of pyridine rings is 1. The number of Topliss-reactive ketones (excluding diaryl/α,β-unsaturated/α-hetero) is 1. The first-order chi connectivity index (χ1) is 14.2. The summed E-state index contributed by atoms with van der Waals surface area (Å²) >= 11 is 1.64. The van der Waals surface area contributed by atoms with Gasteiger partial charge in [0.15, 0.2) is 11.4 Å². The first-order valence-corrected chi connectivity index (χ1v) is 10.4. The molecule has 0 aromatic carbocycles. The minimum absolute atomic E-state index is 0.000612. The second kappa shape index (κ2) is 8.60. The van der Waals surface area contributed by atoms with Gasteiger partial charge in [-0.25, -0.2) is 9.50 Å². The van der Waals surface area contributed by atoms with Crippen molar-refractivity contribution < 1.29 is 4.79 Å². The molecule has 0 amide bonds. The van der Waals surface area contributed by atoms with Crippen molar-refractivity contribution in [2.75, 3.05) is 13.1 Å². The monoisotopic (exact) mass is 406 g/mol. The van der Waals surface area contributed by atoms with Crippen LogP contribution in [0.3, 0.4) is 0 Å². The van der Waals surface area contributed by atoms with Crippen LogP contribution in [-0.2, 0) is 0 Å². The number of hydrogen-bond acceptors (Lipinski definition) is 7. The lowest BCUT2D eigenvalue weighted by molar-refractivity contribution is 0.0990. The Morgan fingerprint density at radius 1 is 1.31 bits per heavy atom. The Balaban J connectivity index is 1.60. The average Bonchev–Trinajstić information content (AvgIpc) is 3.43. The summed E-state index contributed by atoms with van der Waals surface area (Å²) in [6.07, 6.45) is 6.13. The quantitative estimate of drug-likeness (QED) is 0.437. The van der Waals surface area contributed by atoms with Gasteiger partial charge in [0.1, 0.15) is 0 Å². The van der Waals surface area contributed by atoms with Crippen LogP contribution in [0.15, 0.2) is 54.3 Å². The second-order valence-corrected chi connectivity index (χ2v) is 7.72. The largest absolute Gasteiger partial charge is 0.327 e. The Hall–Kier alpha value is -2.94. The maximum Gasteiger partial charge on any atom is 0.176 e. The summed E-state index contributed by atoms with van der Waals surface area (Å²) in [6, 6.07) is 9.55. The molecule has 4 heterocycles. The van der Waals surface area contributed by atoms with Crippen LogP contribution in [0.5, 0.6) is 0 Å². The summed E-state index contributed by atoms with van der Waals surface area (Å²) in [4.78, 5) is 22.8. The fourth-order valence-electron chi connectivity index (χ4n) is 2.98. The third kappa shape index (κ3) is 4.24. The number of hydrogen-bond donors (Lipinski definition) is 2. The molecule has 148 valence electrons. The molecule has 0 fully saturated rings. The lowest BCUT2D eigenvalue weighted by Gasteiger charge is -2.09. The van der Waals surface area contributed by atoms with Crippen molar-refractivity contribution in [2.45, 2.75) is 19.4 Å². The van der Waals surface area contributed by atoms with Crippen molar-refractivity contribution in [2.24, 2.45) is 5.73 Å². The lowest BCUT2D eigenvalue weighted by Crippen LogP contribution is -2.35. The zero-order valence-corrected chi connectivity index (χ0v) is 16.9. The highest BCUT2D eigenvalue weighted by atomic mass is 32.1. The topological polar surface area (TPSA) is 98.2 Å². The van der Waals surface area contributed by atoms with Gasteiger partial charge in [0, 0.05) is 30.5 Å². The number of carbonyl (C=O) groups is 1. The molecule has 4 aromatic heterocycles. The maximum atomic E-state index is 12.5. The first-order valence-electron chi connectivity index (χ1n) is 9.50. The fourth-order valence-corrected chi connectivity index (χ4v) is 3.68. The van der Waals surface area contributed by atoms with Gasteiger partial charge < -0.3 is 11.1 Å². The van der Waals surface area contributed by atoms with E-state index in [1.54, 1.807) is 40.4 Å². The van der Waals surface area contributed by atoms with Crippen LogP contribution in [-0.4, -0.2) is 44.5 Å². The van der Waals surface area contributed by atoms with E-state index in [4.69, 9.17) is 10.7 Å². The Morgan fingerprint density at radius 2 is 2.21 bits per heavy atom. The third-order valence-electron chi connectivity index (χ3n) is 4.72. The molecule has 1 atom stereocenters. The van der Waals surface area contributed by atoms with Crippen LogP contribution in [0.4, 0.5) is 0 Å². The molecular formula is C21H22N6OS. The van der Waals surface area contributed by atoms with Crippen molar-refractivity contribution >= 4 is 22.8 Å². The third-order valence-corrected chi connectivity index (χ3v) is 5.61. The molecule has 0 saturated heterocycles. The predicted octanol–water partition coefficient (Wildman–Crippen LogP) is 3.03. The van der Waals surface area contributed by atoms with Crippen LogP contribution in [0, 0.1) is 0 Å². The molecule has 0 saturated carbocycles. The van der Waals surface area contributed by atoms with E-state index in [2.05, 4.69) is 15.4 Å². The van der Waals surface area contributed by atoms with Gasteiger partial charge in [-0.2, -0.15) is 5.10 Å². The average molecular weight is 407 g/mol. The highest BCUT2D eigenvalue weighted by Gasteiger charge is 2.14. The SMILES string of the molecule is CCC(N)CNCC(=O)c1ccnc(-c2cnn3ccc(-c4cccs4)nc23)c1. The molecular weight excluding hydrogens is 384 g/mol. The van der Waals surface area contributed by atoms with Gasteiger partial charge in [0.25, 0.3) is 0 Å². The van der Waals surface area contributed by atoms with E-state index in [-0.39, 0.29) is 18.4 Å².